The number of hydrogen-bond donors (Lipinski definition) is 0. The topological polar surface area (TPSA) is 141 Å². The number of rotatable bonds is 10. The Balaban J connectivity index is 1.86. The van der Waals surface area contributed by atoms with E-state index in [2.05, 4.69) is 0 Å². The predicted octanol–water partition coefficient (Wildman–Crippen LogP) is 3.04. The van der Waals surface area contributed by atoms with Crippen molar-refractivity contribution < 1.29 is 52.4 Å². The van der Waals surface area contributed by atoms with E-state index < -0.39 is 54.6 Å². The van der Waals surface area contributed by atoms with Crippen LogP contribution in [0.4, 0.5) is 0 Å². The molecule has 0 radical (unpaired) electrons. The summed E-state index contributed by atoms with van der Waals surface area (Å²) in [4.78, 5) is 59.8. The maximum Gasteiger partial charge on any atom is 0.303 e. The molecule has 1 heterocycles. The van der Waals surface area contributed by atoms with Crippen LogP contribution >= 0.6 is 0 Å². The van der Waals surface area contributed by atoms with Gasteiger partial charge in [-0.15, -0.1) is 0 Å². The molecule has 0 aliphatic carbocycles. The highest BCUT2D eigenvalue weighted by Crippen LogP contribution is 2.31. The summed E-state index contributed by atoms with van der Waals surface area (Å²) >= 11 is 0. The lowest BCUT2D eigenvalue weighted by Crippen LogP contribution is -2.63. The minimum Gasteiger partial charge on any atom is -0.463 e. The van der Waals surface area contributed by atoms with E-state index in [0.29, 0.717) is 5.56 Å². The van der Waals surface area contributed by atoms with Gasteiger partial charge in [-0.05, 0) is 35.9 Å². The van der Waals surface area contributed by atoms with Crippen molar-refractivity contribution in [2.75, 3.05) is 6.61 Å². The van der Waals surface area contributed by atoms with E-state index in [-0.39, 0.29) is 18.1 Å². The van der Waals surface area contributed by atoms with Gasteiger partial charge in [0.2, 0.25) is 12.4 Å². The Labute approximate surface area is 230 Å². The number of carbonyl (C=O) groups excluding carboxylic acids is 5. The van der Waals surface area contributed by atoms with E-state index in [9.17, 15) is 24.0 Å². The van der Waals surface area contributed by atoms with E-state index >= 15 is 0 Å². The number of carbonyl (C=O) groups is 5. The van der Waals surface area contributed by atoms with Crippen LogP contribution in [0.5, 0.6) is 5.75 Å². The van der Waals surface area contributed by atoms with Crippen LogP contribution in [0.1, 0.15) is 43.6 Å². The zero-order valence-corrected chi connectivity index (χ0v) is 22.4. The Morgan fingerprint density at radius 3 is 1.88 bits per heavy atom. The monoisotopic (exact) mass is 554 g/mol. The third kappa shape index (κ3) is 8.77. The molecule has 11 nitrogen and oxygen atoms in total. The fraction of sp³-hybridized carbons (Fsp3) is 0.345. The van der Waals surface area contributed by atoms with Crippen LogP contribution in [0.3, 0.4) is 0 Å². The first-order valence-electron chi connectivity index (χ1n) is 12.4. The molecule has 0 aromatic heterocycles. The first-order chi connectivity index (χ1) is 19.0. The van der Waals surface area contributed by atoms with Gasteiger partial charge in [0.05, 0.1) is 0 Å². The van der Waals surface area contributed by atoms with Crippen molar-refractivity contribution in [3.8, 4) is 5.75 Å². The molecule has 5 atom stereocenters. The Morgan fingerprint density at radius 2 is 1.30 bits per heavy atom. The molecule has 1 aliphatic rings. The van der Waals surface area contributed by atoms with Crippen molar-refractivity contribution in [2.45, 2.75) is 58.4 Å². The van der Waals surface area contributed by atoms with E-state index in [1.165, 1.54) is 37.3 Å². The highest BCUT2D eigenvalue weighted by Gasteiger charge is 2.53. The maximum atomic E-state index is 12.6. The number of allylic oxidation sites excluding steroid dienone is 1. The van der Waals surface area contributed by atoms with Crippen molar-refractivity contribution in [1.82, 2.24) is 0 Å². The summed E-state index contributed by atoms with van der Waals surface area (Å²) in [7, 11) is 0. The van der Waals surface area contributed by atoms with Gasteiger partial charge >= 0.3 is 23.9 Å². The largest absolute Gasteiger partial charge is 0.463 e. The van der Waals surface area contributed by atoms with Crippen LogP contribution in [-0.2, 0) is 42.9 Å². The average Bonchev–Trinajstić information content (AvgIpc) is 2.89. The number of ether oxygens (including phenoxy) is 6. The molecule has 0 N–H and O–H groups in total. The molecule has 0 saturated carbocycles. The maximum absolute atomic E-state index is 12.6. The van der Waals surface area contributed by atoms with Crippen LogP contribution in [0, 0.1) is 0 Å². The summed E-state index contributed by atoms with van der Waals surface area (Å²) in [5.41, 5.74) is 1.26. The molecule has 0 bridgehead atoms. The summed E-state index contributed by atoms with van der Waals surface area (Å²) in [5.74, 6) is -2.87. The minimum atomic E-state index is -1.37. The lowest BCUT2D eigenvalue weighted by molar-refractivity contribution is -0.288. The summed E-state index contributed by atoms with van der Waals surface area (Å²) < 4.78 is 33.0. The molecule has 11 heteroatoms. The molecule has 3 rings (SSSR count). The highest BCUT2D eigenvalue weighted by molar-refractivity contribution is 6.06. The van der Waals surface area contributed by atoms with Crippen LogP contribution in [0.15, 0.2) is 60.7 Å². The molecule has 1 aliphatic heterocycles. The standard InChI is InChI=1S/C29H30O11/c1-17(30)35-16-25-26(36-18(2)31)27(37-19(3)32)28(38-20(4)33)29(40-25)39-23-13-11-22(12-14-23)24(34)15-10-21-8-6-5-7-9-21/h5-15,25-29H,16H2,1-4H3/b15-10+/t25-,26-,27+,28+,29+/m1/s1. The van der Waals surface area contributed by atoms with Crippen molar-refractivity contribution in [2.24, 2.45) is 0 Å². The number of ketones is 1. The second-order valence-electron chi connectivity index (χ2n) is 8.82. The first-order valence-corrected chi connectivity index (χ1v) is 12.4. The molecule has 0 spiro atoms. The normalized spacial score (nSPS) is 22.1. The highest BCUT2D eigenvalue weighted by atomic mass is 16.7. The first kappa shape index (κ1) is 30.0. The Hall–Kier alpha value is -4.51. The molecule has 212 valence electrons. The van der Waals surface area contributed by atoms with Crippen LogP contribution < -0.4 is 4.74 Å². The lowest BCUT2D eigenvalue weighted by atomic mass is 9.98. The second kappa shape index (κ2) is 14.0. The third-order valence-electron chi connectivity index (χ3n) is 5.57. The van der Waals surface area contributed by atoms with Gasteiger partial charge in [0.25, 0.3) is 0 Å². The van der Waals surface area contributed by atoms with Gasteiger partial charge in [-0.25, -0.2) is 0 Å². The Bertz CT molecular complexity index is 1240. The lowest BCUT2D eigenvalue weighted by Gasteiger charge is -2.43. The molecular weight excluding hydrogens is 524 g/mol. The second-order valence-corrected chi connectivity index (χ2v) is 8.82. The van der Waals surface area contributed by atoms with E-state index in [0.717, 1.165) is 26.3 Å². The molecule has 0 amide bonds. The molecule has 0 unspecified atom stereocenters. The van der Waals surface area contributed by atoms with E-state index in [1.54, 1.807) is 6.08 Å². The van der Waals surface area contributed by atoms with Gasteiger partial charge in [-0.1, -0.05) is 36.4 Å². The molecule has 1 fully saturated rings. The average molecular weight is 555 g/mol. The Kier molecular flexibility index (Phi) is 10.5. The summed E-state index contributed by atoms with van der Waals surface area (Å²) in [6, 6.07) is 15.5. The van der Waals surface area contributed by atoms with Crippen molar-refractivity contribution in [3.05, 3.63) is 71.8 Å². The van der Waals surface area contributed by atoms with Gasteiger partial charge in [-0.2, -0.15) is 0 Å². The number of esters is 4. The van der Waals surface area contributed by atoms with E-state index in [1.807, 2.05) is 30.3 Å². The summed E-state index contributed by atoms with van der Waals surface area (Å²) in [6.45, 7) is 4.20. The van der Waals surface area contributed by atoms with Crippen molar-refractivity contribution in [1.29, 1.82) is 0 Å². The molecule has 2 aromatic carbocycles. The predicted molar refractivity (Wildman–Crippen MR) is 139 cm³/mol. The van der Waals surface area contributed by atoms with Gasteiger partial charge < -0.3 is 28.4 Å². The fourth-order valence-corrected chi connectivity index (χ4v) is 3.95. The van der Waals surface area contributed by atoms with Gasteiger partial charge in [0.15, 0.2) is 18.0 Å². The molecular formula is C29H30O11. The quantitative estimate of drug-likeness (QED) is 0.185. The zero-order chi connectivity index (χ0) is 29.2. The molecule has 1 saturated heterocycles. The molecule has 2 aromatic rings. The van der Waals surface area contributed by atoms with E-state index in [4.69, 9.17) is 28.4 Å². The SMILES string of the molecule is CC(=O)OC[C@H]1O[C@H](Oc2ccc(C(=O)/C=C/c3ccccc3)cc2)[C@@H](OC(C)=O)[C@@H](OC(C)=O)[C@@H]1OC(C)=O. The van der Waals surface area contributed by atoms with Crippen LogP contribution in [-0.4, -0.2) is 67.0 Å². The van der Waals surface area contributed by atoms with Gasteiger partial charge in [0, 0.05) is 33.3 Å². The van der Waals surface area contributed by atoms with Gasteiger partial charge in [0.1, 0.15) is 18.5 Å². The Morgan fingerprint density at radius 1 is 0.725 bits per heavy atom. The zero-order valence-electron chi connectivity index (χ0n) is 22.4. The summed E-state index contributed by atoms with van der Waals surface area (Å²) in [6.07, 6.45) is -3.38. The van der Waals surface area contributed by atoms with Crippen LogP contribution in [0.25, 0.3) is 6.08 Å². The van der Waals surface area contributed by atoms with Crippen LogP contribution in [0.2, 0.25) is 0 Å². The van der Waals surface area contributed by atoms with Crippen molar-refractivity contribution >= 4 is 35.7 Å². The third-order valence-corrected chi connectivity index (χ3v) is 5.57. The molecule has 40 heavy (non-hydrogen) atoms. The smallest absolute Gasteiger partial charge is 0.303 e. The minimum absolute atomic E-state index is 0.226. The summed E-state index contributed by atoms with van der Waals surface area (Å²) in [5, 5.41) is 0. The van der Waals surface area contributed by atoms with Gasteiger partial charge in [-0.3, -0.25) is 24.0 Å². The fourth-order valence-electron chi connectivity index (χ4n) is 3.95. The van der Waals surface area contributed by atoms with Crippen molar-refractivity contribution in [3.63, 3.8) is 0 Å². The number of benzene rings is 2. The number of hydrogen-bond acceptors (Lipinski definition) is 11.